The minimum atomic E-state index is 0.178. The van der Waals surface area contributed by atoms with Gasteiger partial charge >= 0.3 is 0 Å². The fourth-order valence-corrected chi connectivity index (χ4v) is 3.14. The predicted octanol–water partition coefficient (Wildman–Crippen LogP) is 0.415. The van der Waals surface area contributed by atoms with Gasteiger partial charge in [0.2, 0.25) is 5.91 Å². The Hall–Kier alpha value is -2.35. The van der Waals surface area contributed by atoms with E-state index in [1.165, 1.54) is 0 Å². The first-order valence-electron chi connectivity index (χ1n) is 10.3. The summed E-state index contributed by atoms with van der Waals surface area (Å²) in [6, 6.07) is 4.15. The van der Waals surface area contributed by atoms with Crippen LogP contribution < -0.4 is 20.9 Å². The highest BCUT2D eigenvalue weighted by Gasteiger charge is 2.28. The minimum absolute atomic E-state index is 0.178. The monoisotopic (exact) mass is 387 g/mol. The maximum Gasteiger partial charge on any atom is 0.223 e. The minimum Gasteiger partial charge on any atom is -0.357 e. The molecule has 8 nitrogen and oxygen atoms in total. The fraction of sp³-hybridized carbons (Fsp3) is 0.650. The van der Waals surface area contributed by atoms with Crippen molar-refractivity contribution in [2.75, 3.05) is 57.8 Å². The quantitative estimate of drug-likeness (QED) is 0.341. The number of rotatable bonds is 8. The van der Waals surface area contributed by atoms with E-state index in [0.717, 1.165) is 62.9 Å². The number of piperazine rings is 1. The fourth-order valence-electron chi connectivity index (χ4n) is 3.14. The molecule has 2 aliphatic rings. The van der Waals surface area contributed by atoms with E-state index in [9.17, 15) is 4.79 Å². The molecule has 2 heterocycles. The van der Waals surface area contributed by atoms with Gasteiger partial charge in [0, 0.05) is 57.9 Å². The van der Waals surface area contributed by atoms with Crippen molar-refractivity contribution in [2.45, 2.75) is 26.3 Å². The second kappa shape index (κ2) is 10.3. The molecule has 0 radical (unpaired) electrons. The van der Waals surface area contributed by atoms with Crippen LogP contribution >= 0.6 is 0 Å². The third-order valence-electron chi connectivity index (χ3n) is 5.07. The predicted molar refractivity (Wildman–Crippen MR) is 112 cm³/mol. The number of carbonyl (C=O) groups excluding carboxylic acids is 1. The molecule has 1 aromatic heterocycles. The highest BCUT2D eigenvalue weighted by atomic mass is 16.2. The Morgan fingerprint density at radius 2 is 1.93 bits per heavy atom. The van der Waals surface area contributed by atoms with Crippen LogP contribution in [0.2, 0.25) is 0 Å². The topological polar surface area (TPSA) is 84.9 Å². The van der Waals surface area contributed by atoms with Gasteiger partial charge in [-0.15, -0.1) is 0 Å². The Balaban J connectivity index is 1.49. The summed E-state index contributed by atoms with van der Waals surface area (Å²) in [5.41, 5.74) is 1.14. The van der Waals surface area contributed by atoms with Gasteiger partial charge in [0.05, 0.1) is 6.54 Å². The zero-order valence-corrected chi connectivity index (χ0v) is 17.1. The van der Waals surface area contributed by atoms with E-state index in [1.54, 1.807) is 0 Å². The number of anilines is 1. The first kappa shape index (κ1) is 20.4. The molecular formula is C20H33N7O. The molecule has 1 aliphatic heterocycles. The zero-order chi connectivity index (χ0) is 19.8. The number of aromatic nitrogens is 1. The van der Waals surface area contributed by atoms with Crippen LogP contribution in [0.15, 0.2) is 23.3 Å². The number of nitrogens with one attached hydrogen (secondary N) is 3. The van der Waals surface area contributed by atoms with Crippen molar-refractivity contribution in [1.82, 2.24) is 25.8 Å². The molecule has 2 fully saturated rings. The van der Waals surface area contributed by atoms with Crippen LogP contribution in [0.3, 0.4) is 0 Å². The molecule has 1 saturated carbocycles. The van der Waals surface area contributed by atoms with Crippen LogP contribution in [0.4, 0.5) is 5.82 Å². The average molecular weight is 388 g/mol. The lowest BCUT2D eigenvalue weighted by Gasteiger charge is -2.33. The molecule has 1 aliphatic carbocycles. The molecular weight excluding hydrogens is 354 g/mol. The molecule has 0 atom stereocenters. The van der Waals surface area contributed by atoms with Gasteiger partial charge < -0.3 is 25.8 Å². The van der Waals surface area contributed by atoms with Crippen LogP contribution in [0.25, 0.3) is 0 Å². The average Bonchev–Trinajstić information content (AvgIpc) is 3.55. The number of hydrogen-bond acceptors (Lipinski definition) is 5. The summed E-state index contributed by atoms with van der Waals surface area (Å²) in [5, 5.41) is 9.50. The highest BCUT2D eigenvalue weighted by Crippen LogP contribution is 2.28. The lowest BCUT2D eigenvalue weighted by Crippen LogP contribution is -2.44. The van der Waals surface area contributed by atoms with Crippen molar-refractivity contribution < 1.29 is 4.79 Å². The Kier molecular flexibility index (Phi) is 7.47. The third kappa shape index (κ3) is 6.37. The number of hydrogen-bond donors (Lipinski definition) is 3. The Morgan fingerprint density at radius 3 is 2.64 bits per heavy atom. The van der Waals surface area contributed by atoms with Gasteiger partial charge in [-0.1, -0.05) is 0 Å². The first-order valence-corrected chi connectivity index (χ1v) is 10.3. The summed E-state index contributed by atoms with van der Waals surface area (Å²) in [7, 11) is 2.16. The van der Waals surface area contributed by atoms with E-state index in [2.05, 4.69) is 48.8 Å². The highest BCUT2D eigenvalue weighted by molar-refractivity contribution is 5.81. The number of guanidine groups is 1. The summed E-state index contributed by atoms with van der Waals surface area (Å²) in [4.78, 5) is 25.6. The number of pyridine rings is 1. The number of amides is 1. The maximum absolute atomic E-state index is 11.7. The maximum atomic E-state index is 11.7. The molecule has 154 valence electrons. The Labute approximate surface area is 167 Å². The summed E-state index contributed by atoms with van der Waals surface area (Å²) < 4.78 is 0. The van der Waals surface area contributed by atoms with Gasteiger partial charge in [-0.3, -0.25) is 4.79 Å². The van der Waals surface area contributed by atoms with Crippen molar-refractivity contribution in [2.24, 2.45) is 10.9 Å². The van der Waals surface area contributed by atoms with Crippen LogP contribution in [-0.4, -0.2) is 74.6 Å². The lowest BCUT2D eigenvalue weighted by molar-refractivity contribution is -0.122. The van der Waals surface area contributed by atoms with E-state index < -0.39 is 0 Å². The van der Waals surface area contributed by atoms with Crippen molar-refractivity contribution in [3.05, 3.63) is 23.9 Å². The number of aliphatic imine (C=N–C) groups is 1. The molecule has 3 rings (SSSR count). The number of carbonyl (C=O) groups is 1. The van der Waals surface area contributed by atoms with Crippen molar-refractivity contribution >= 4 is 17.7 Å². The molecule has 1 aromatic rings. The smallest absolute Gasteiger partial charge is 0.223 e. The molecule has 0 spiro atoms. The Morgan fingerprint density at radius 1 is 1.18 bits per heavy atom. The number of nitrogens with zero attached hydrogens (tertiary/aromatic N) is 4. The lowest BCUT2D eigenvalue weighted by atomic mass is 10.2. The molecule has 8 heteroatoms. The third-order valence-corrected chi connectivity index (χ3v) is 5.07. The first-order chi connectivity index (χ1) is 13.7. The van der Waals surface area contributed by atoms with E-state index >= 15 is 0 Å². The van der Waals surface area contributed by atoms with Gasteiger partial charge in [0.1, 0.15) is 5.82 Å². The molecule has 1 amide bonds. The molecule has 28 heavy (non-hydrogen) atoms. The van der Waals surface area contributed by atoms with Crippen LogP contribution in [0.1, 0.15) is 25.3 Å². The van der Waals surface area contributed by atoms with Gasteiger partial charge in [-0.05, 0) is 44.5 Å². The standard InChI is InChI=1S/C20H33N7O/c1-3-21-20(24-9-8-23-19(28)17-4-5-17)25-15-16-6-7-22-18(14-16)27-12-10-26(2)11-13-27/h6-7,14,17H,3-5,8-13,15H2,1-2H3,(H,23,28)(H2,21,24,25). The SMILES string of the molecule is CCNC(=NCc1ccnc(N2CCN(C)CC2)c1)NCCNC(=O)C1CC1. The molecule has 0 bridgehead atoms. The molecule has 0 aromatic carbocycles. The second-order valence-electron chi connectivity index (χ2n) is 7.50. The zero-order valence-electron chi connectivity index (χ0n) is 17.1. The molecule has 1 saturated heterocycles. The summed E-state index contributed by atoms with van der Waals surface area (Å²) in [6.07, 6.45) is 3.93. The van der Waals surface area contributed by atoms with Crippen molar-refractivity contribution in [3.8, 4) is 0 Å². The van der Waals surface area contributed by atoms with Gasteiger partial charge in [-0.2, -0.15) is 0 Å². The van der Waals surface area contributed by atoms with E-state index in [0.29, 0.717) is 19.6 Å². The summed E-state index contributed by atoms with van der Waals surface area (Å²) in [6.45, 7) is 8.85. The Bertz CT molecular complexity index is 666. The molecule has 0 unspecified atom stereocenters. The van der Waals surface area contributed by atoms with Gasteiger partial charge in [0.25, 0.3) is 0 Å². The van der Waals surface area contributed by atoms with Crippen LogP contribution in [-0.2, 0) is 11.3 Å². The van der Waals surface area contributed by atoms with Crippen molar-refractivity contribution in [3.63, 3.8) is 0 Å². The normalized spacial score (nSPS) is 18.1. The summed E-state index contributed by atoms with van der Waals surface area (Å²) >= 11 is 0. The largest absolute Gasteiger partial charge is 0.357 e. The number of likely N-dealkylation sites (N-methyl/N-ethyl adjacent to an activating group) is 1. The van der Waals surface area contributed by atoms with Gasteiger partial charge in [-0.25, -0.2) is 9.98 Å². The molecule has 3 N–H and O–H groups in total. The second-order valence-corrected chi connectivity index (χ2v) is 7.50. The van der Waals surface area contributed by atoms with E-state index in [4.69, 9.17) is 0 Å². The van der Waals surface area contributed by atoms with Crippen LogP contribution in [0, 0.1) is 5.92 Å². The summed E-state index contributed by atoms with van der Waals surface area (Å²) in [5.74, 6) is 2.22. The van der Waals surface area contributed by atoms with Gasteiger partial charge in [0.15, 0.2) is 5.96 Å². The van der Waals surface area contributed by atoms with Crippen molar-refractivity contribution in [1.29, 1.82) is 0 Å². The van der Waals surface area contributed by atoms with E-state index in [1.807, 2.05) is 19.2 Å². The van der Waals surface area contributed by atoms with E-state index in [-0.39, 0.29) is 11.8 Å². The van der Waals surface area contributed by atoms with Crippen LogP contribution in [0.5, 0.6) is 0 Å².